The van der Waals surface area contributed by atoms with Crippen LogP contribution in [0.4, 0.5) is 0 Å². The molecule has 1 aliphatic rings. The molecule has 3 nitrogen and oxygen atoms in total. The topological polar surface area (TPSA) is 35.0 Å². The average molecular weight is 182 g/mol. The number of hydrogen-bond acceptors (Lipinski definition) is 4. The highest BCUT2D eigenvalue weighted by Crippen LogP contribution is 2.34. The van der Waals surface area contributed by atoms with Crippen LogP contribution in [0.2, 0.25) is 0 Å². The minimum atomic E-state index is 0.604. The van der Waals surface area contributed by atoms with E-state index in [4.69, 9.17) is 4.74 Å². The quantitative estimate of drug-likeness (QED) is 0.659. The van der Waals surface area contributed by atoms with Gasteiger partial charge in [-0.2, -0.15) is 0 Å². The Morgan fingerprint density at radius 2 is 2.50 bits per heavy atom. The summed E-state index contributed by atoms with van der Waals surface area (Å²) in [6.45, 7) is 2.18. The minimum absolute atomic E-state index is 0.604. The van der Waals surface area contributed by atoms with Crippen molar-refractivity contribution >= 4 is 11.8 Å². The van der Waals surface area contributed by atoms with Gasteiger partial charge >= 0.3 is 0 Å². The maximum atomic E-state index is 4.99. The lowest BCUT2D eigenvalue weighted by Gasteiger charge is -1.99. The summed E-state index contributed by atoms with van der Waals surface area (Å²) in [4.78, 5) is 8.57. The zero-order chi connectivity index (χ0) is 8.55. The maximum Gasteiger partial charge on any atom is 0.233 e. The fourth-order valence-corrected chi connectivity index (χ4v) is 2.26. The molecule has 2 rings (SSSR count). The predicted molar refractivity (Wildman–Crippen MR) is 47.6 cm³/mol. The van der Waals surface area contributed by atoms with E-state index >= 15 is 0 Å². The Kier molecular flexibility index (Phi) is 1.92. The first-order valence-electron chi connectivity index (χ1n) is 3.86. The van der Waals surface area contributed by atoms with Crippen LogP contribution in [-0.2, 0) is 6.42 Å². The highest BCUT2D eigenvalue weighted by atomic mass is 32.2. The number of thioether (sulfide) groups is 1. The van der Waals surface area contributed by atoms with Crippen molar-refractivity contribution in [3.8, 4) is 5.88 Å². The molecule has 1 aromatic rings. The van der Waals surface area contributed by atoms with Gasteiger partial charge in [0.1, 0.15) is 5.03 Å². The SMILES string of the molecule is COc1cnc2c(n1)SC(C)C2. The molecule has 0 bridgehead atoms. The predicted octanol–water partition coefficient (Wildman–Crippen LogP) is 1.52. The van der Waals surface area contributed by atoms with Crippen molar-refractivity contribution in [2.45, 2.75) is 23.6 Å². The normalized spacial score (nSPS) is 20.7. The first kappa shape index (κ1) is 7.86. The van der Waals surface area contributed by atoms with E-state index in [1.807, 2.05) is 0 Å². The lowest BCUT2D eigenvalue weighted by molar-refractivity contribution is 0.391. The molecule has 0 fully saturated rings. The second kappa shape index (κ2) is 2.94. The maximum absolute atomic E-state index is 4.99. The monoisotopic (exact) mass is 182 g/mol. The van der Waals surface area contributed by atoms with Gasteiger partial charge in [-0.05, 0) is 0 Å². The molecule has 0 amide bonds. The van der Waals surface area contributed by atoms with Crippen molar-refractivity contribution < 1.29 is 4.74 Å². The van der Waals surface area contributed by atoms with Crippen molar-refractivity contribution in [2.75, 3.05) is 7.11 Å². The highest BCUT2D eigenvalue weighted by molar-refractivity contribution is 8.00. The summed E-state index contributed by atoms with van der Waals surface area (Å²) < 4.78 is 4.99. The van der Waals surface area contributed by atoms with Gasteiger partial charge in [-0.1, -0.05) is 6.92 Å². The largest absolute Gasteiger partial charge is 0.480 e. The fraction of sp³-hybridized carbons (Fsp3) is 0.500. The zero-order valence-corrected chi connectivity index (χ0v) is 7.89. The molecule has 1 aromatic heterocycles. The van der Waals surface area contributed by atoms with E-state index in [0.717, 1.165) is 17.1 Å². The molecule has 0 aliphatic carbocycles. The fourth-order valence-electron chi connectivity index (χ4n) is 1.22. The Balaban J connectivity index is 2.35. The van der Waals surface area contributed by atoms with Gasteiger partial charge in [0, 0.05) is 11.7 Å². The summed E-state index contributed by atoms with van der Waals surface area (Å²) in [6, 6.07) is 0. The number of methoxy groups -OCH3 is 1. The molecule has 64 valence electrons. The Morgan fingerprint density at radius 1 is 1.67 bits per heavy atom. The van der Waals surface area contributed by atoms with Gasteiger partial charge in [-0.25, -0.2) is 4.98 Å². The van der Waals surface area contributed by atoms with E-state index in [1.165, 1.54) is 0 Å². The number of fused-ring (bicyclic) bond motifs is 1. The molecule has 0 radical (unpaired) electrons. The van der Waals surface area contributed by atoms with Crippen LogP contribution in [0.1, 0.15) is 12.6 Å². The number of rotatable bonds is 1. The third-order valence-electron chi connectivity index (χ3n) is 1.79. The molecule has 0 spiro atoms. The van der Waals surface area contributed by atoms with Crippen molar-refractivity contribution in [3.63, 3.8) is 0 Å². The molecule has 2 heterocycles. The van der Waals surface area contributed by atoms with Gasteiger partial charge in [0.2, 0.25) is 5.88 Å². The van der Waals surface area contributed by atoms with Gasteiger partial charge in [-0.3, -0.25) is 4.98 Å². The Hall–Kier alpha value is -0.770. The molecular weight excluding hydrogens is 172 g/mol. The minimum Gasteiger partial charge on any atom is -0.480 e. The zero-order valence-electron chi connectivity index (χ0n) is 7.07. The van der Waals surface area contributed by atoms with E-state index in [-0.39, 0.29) is 0 Å². The second-order valence-corrected chi connectivity index (χ2v) is 4.22. The lowest BCUT2D eigenvalue weighted by Crippen LogP contribution is -1.95. The molecule has 1 aliphatic heterocycles. The van der Waals surface area contributed by atoms with E-state index in [9.17, 15) is 0 Å². The third-order valence-corrected chi connectivity index (χ3v) is 2.91. The molecule has 0 saturated heterocycles. The number of nitrogens with zero attached hydrogens (tertiary/aromatic N) is 2. The molecular formula is C8H10N2OS. The molecule has 1 unspecified atom stereocenters. The van der Waals surface area contributed by atoms with Gasteiger partial charge < -0.3 is 4.74 Å². The van der Waals surface area contributed by atoms with Crippen LogP contribution in [0.3, 0.4) is 0 Å². The van der Waals surface area contributed by atoms with Crippen LogP contribution >= 0.6 is 11.8 Å². The van der Waals surface area contributed by atoms with E-state index in [1.54, 1.807) is 25.1 Å². The van der Waals surface area contributed by atoms with Gasteiger partial charge in [0.15, 0.2) is 0 Å². The molecule has 0 aromatic carbocycles. The summed E-state index contributed by atoms with van der Waals surface area (Å²) in [5, 5.41) is 1.63. The first-order chi connectivity index (χ1) is 5.79. The Labute approximate surface area is 75.6 Å². The highest BCUT2D eigenvalue weighted by Gasteiger charge is 2.21. The summed E-state index contributed by atoms with van der Waals surface area (Å²) in [5.74, 6) is 0.607. The summed E-state index contributed by atoms with van der Waals surface area (Å²) in [6.07, 6.45) is 2.70. The van der Waals surface area contributed by atoms with Crippen LogP contribution in [0.15, 0.2) is 11.2 Å². The molecule has 12 heavy (non-hydrogen) atoms. The van der Waals surface area contributed by atoms with Crippen LogP contribution in [-0.4, -0.2) is 22.3 Å². The van der Waals surface area contributed by atoms with Crippen molar-refractivity contribution in [1.29, 1.82) is 0 Å². The molecule has 0 N–H and O–H groups in total. The first-order valence-corrected chi connectivity index (χ1v) is 4.74. The van der Waals surface area contributed by atoms with Crippen LogP contribution in [0, 0.1) is 0 Å². The number of ether oxygens (including phenoxy) is 1. The van der Waals surface area contributed by atoms with Crippen LogP contribution < -0.4 is 4.74 Å². The molecule has 0 saturated carbocycles. The van der Waals surface area contributed by atoms with Gasteiger partial charge in [0.25, 0.3) is 0 Å². The summed E-state index contributed by atoms with van der Waals surface area (Å²) in [7, 11) is 1.61. The third kappa shape index (κ3) is 1.27. The van der Waals surface area contributed by atoms with E-state index in [0.29, 0.717) is 11.1 Å². The van der Waals surface area contributed by atoms with Crippen LogP contribution in [0.25, 0.3) is 0 Å². The number of hydrogen-bond donors (Lipinski definition) is 0. The average Bonchev–Trinajstić information content (AvgIpc) is 2.43. The Morgan fingerprint density at radius 3 is 3.25 bits per heavy atom. The van der Waals surface area contributed by atoms with Crippen LogP contribution in [0.5, 0.6) is 5.88 Å². The van der Waals surface area contributed by atoms with Crippen molar-refractivity contribution in [1.82, 2.24) is 9.97 Å². The second-order valence-electron chi connectivity index (χ2n) is 2.80. The van der Waals surface area contributed by atoms with E-state index in [2.05, 4.69) is 16.9 Å². The molecule has 1 atom stereocenters. The molecule has 4 heteroatoms. The lowest BCUT2D eigenvalue weighted by atomic mass is 10.3. The smallest absolute Gasteiger partial charge is 0.233 e. The van der Waals surface area contributed by atoms with Crippen molar-refractivity contribution in [3.05, 3.63) is 11.9 Å². The number of aromatic nitrogens is 2. The van der Waals surface area contributed by atoms with E-state index < -0.39 is 0 Å². The Bertz CT molecular complexity index is 303. The standard InChI is InChI=1S/C8H10N2OS/c1-5-3-6-8(12-5)10-7(11-2)4-9-6/h4-5H,3H2,1-2H3. The van der Waals surface area contributed by atoms with Gasteiger partial charge in [-0.15, -0.1) is 11.8 Å². The summed E-state index contributed by atoms with van der Waals surface area (Å²) in [5.41, 5.74) is 1.10. The van der Waals surface area contributed by atoms with Gasteiger partial charge in [0.05, 0.1) is 19.0 Å². The van der Waals surface area contributed by atoms with Crippen molar-refractivity contribution in [2.24, 2.45) is 0 Å². The summed E-state index contributed by atoms with van der Waals surface area (Å²) >= 11 is 1.77.